The molecule has 112 valence electrons. The van der Waals surface area contributed by atoms with E-state index in [-0.39, 0.29) is 5.43 Å². The molecule has 0 saturated carbocycles. The molecule has 4 aliphatic carbocycles. The molecule has 1 aromatic carbocycles. The van der Waals surface area contributed by atoms with Gasteiger partial charge in [0, 0.05) is 0 Å². The zero-order valence-electron chi connectivity index (χ0n) is 13.0. The zero-order valence-corrected chi connectivity index (χ0v) is 13.0. The summed E-state index contributed by atoms with van der Waals surface area (Å²) in [6.45, 7) is 0. The Bertz CT molecular complexity index is 1130. The van der Waals surface area contributed by atoms with Gasteiger partial charge in [0.15, 0.2) is 5.43 Å². The minimum atomic E-state index is 0.0503. The van der Waals surface area contributed by atoms with Gasteiger partial charge in [0.25, 0.3) is 0 Å². The van der Waals surface area contributed by atoms with Crippen molar-refractivity contribution in [1.82, 2.24) is 0 Å². The second kappa shape index (κ2) is 4.90. The minimum Gasteiger partial charge on any atom is -0.290 e. The zero-order chi connectivity index (χ0) is 16.1. The molecular weight excluding hydrogens is 292 g/mol. The van der Waals surface area contributed by atoms with Crippen molar-refractivity contribution in [2.75, 3.05) is 0 Å². The highest BCUT2D eigenvalue weighted by atomic mass is 16.1. The van der Waals surface area contributed by atoms with Gasteiger partial charge < -0.3 is 0 Å². The fraction of sp³-hybridized carbons (Fsp3) is 0. The summed E-state index contributed by atoms with van der Waals surface area (Å²) in [6.07, 6.45) is 0. The molecule has 0 spiro atoms. The van der Waals surface area contributed by atoms with E-state index in [4.69, 9.17) is 0 Å². The van der Waals surface area contributed by atoms with Crippen LogP contribution < -0.4 is 5.43 Å². The smallest absolute Gasteiger partial charge is 0.179 e. The molecule has 4 aliphatic rings. The maximum atomic E-state index is 12.4. The first-order valence-electron chi connectivity index (χ1n) is 8.08. The third kappa shape index (κ3) is 1.85. The Hall–Kier alpha value is -3.19. The van der Waals surface area contributed by atoms with Gasteiger partial charge in [-0.15, -0.1) is 0 Å². The van der Waals surface area contributed by atoms with E-state index in [0.29, 0.717) is 0 Å². The Labute approximate surface area is 139 Å². The molecule has 0 saturated heterocycles. The molecule has 1 nitrogen and oxygen atoms in total. The molecule has 0 bridgehead atoms. The van der Waals surface area contributed by atoms with E-state index in [0.717, 1.165) is 21.9 Å². The molecule has 0 fully saturated rings. The number of hydrogen-bond acceptors (Lipinski definition) is 1. The summed E-state index contributed by atoms with van der Waals surface area (Å²) in [5, 5.41) is 4.35. The van der Waals surface area contributed by atoms with Crippen molar-refractivity contribution >= 4 is 21.5 Å². The maximum Gasteiger partial charge on any atom is 0.179 e. The van der Waals surface area contributed by atoms with Crippen LogP contribution in [0.15, 0.2) is 89.7 Å². The molecule has 5 rings (SSSR count). The Morgan fingerprint density at radius 1 is 0.500 bits per heavy atom. The molecule has 0 radical (unpaired) electrons. The van der Waals surface area contributed by atoms with Gasteiger partial charge in [0.2, 0.25) is 0 Å². The van der Waals surface area contributed by atoms with Crippen LogP contribution in [0.1, 0.15) is 0 Å². The van der Waals surface area contributed by atoms with E-state index in [2.05, 4.69) is 48.5 Å². The lowest BCUT2D eigenvalue weighted by Gasteiger charge is -1.98. The van der Waals surface area contributed by atoms with Crippen LogP contribution in [0.5, 0.6) is 0 Å². The lowest BCUT2D eigenvalue weighted by Crippen LogP contribution is -1.88. The summed E-state index contributed by atoms with van der Waals surface area (Å²) in [6, 6.07) is 28.5. The molecule has 0 aliphatic heterocycles. The van der Waals surface area contributed by atoms with Crippen LogP contribution in [0.25, 0.3) is 43.8 Å². The normalized spacial score (nSPS) is 11.5. The van der Waals surface area contributed by atoms with Crippen LogP contribution in [0, 0.1) is 0 Å². The minimum absolute atomic E-state index is 0.0503. The first-order chi connectivity index (χ1) is 11.8. The van der Waals surface area contributed by atoms with Crippen LogP contribution in [-0.2, 0) is 0 Å². The van der Waals surface area contributed by atoms with Gasteiger partial charge in [-0.05, 0) is 68.1 Å². The monoisotopic (exact) mass is 306 g/mol. The summed E-state index contributed by atoms with van der Waals surface area (Å²) >= 11 is 0. The summed E-state index contributed by atoms with van der Waals surface area (Å²) in [7, 11) is 0. The maximum absolute atomic E-state index is 12.4. The van der Waals surface area contributed by atoms with E-state index in [1.165, 1.54) is 21.9 Å². The topological polar surface area (TPSA) is 17.1 Å². The van der Waals surface area contributed by atoms with Crippen LogP contribution in [0.4, 0.5) is 0 Å². The van der Waals surface area contributed by atoms with Crippen molar-refractivity contribution in [2.45, 2.75) is 0 Å². The van der Waals surface area contributed by atoms with E-state index in [1.54, 1.807) is 12.1 Å². The number of fused-ring (bicyclic) bond motifs is 7. The van der Waals surface area contributed by atoms with Crippen LogP contribution >= 0.6 is 0 Å². The second-order valence-electron chi connectivity index (χ2n) is 6.20. The van der Waals surface area contributed by atoms with Crippen LogP contribution in [0.3, 0.4) is 0 Å². The Morgan fingerprint density at radius 3 is 1.46 bits per heavy atom. The van der Waals surface area contributed by atoms with E-state index < -0.39 is 0 Å². The van der Waals surface area contributed by atoms with Crippen molar-refractivity contribution in [1.29, 1.82) is 0 Å². The lowest BCUT2D eigenvalue weighted by atomic mass is 10.0. The van der Waals surface area contributed by atoms with Gasteiger partial charge >= 0.3 is 0 Å². The highest BCUT2D eigenvalue weighted by molar-refractivity contribution is 6.22. The van der Waals surface area contributed by atoms with Crippen LogP contribution in [-0.4, -0.2) is 0 Å². The summed E-state index contributed by atoms with van der Waals surface area (Å²) in [5.74, 6) is 0. The molecule has 0 aromatic heterocycles. The largest absolute Gasteiger partial charge is 0.290 e. The standard InChI is InChI=1S/C23H14O/c24-19-13-17-11-15-7-3-1-5-9-20(15)22(17)23-18(14-19)12-16-8-4-2-6-10-21(16)23/h1-14H. The van der Waals surface area contributed by atoms with Gasteiger partial charge in [0.05, 0.1) is 0 Å². The van der Waals surface area contributed by atoms with Crippen molar-refractivity contribution in [3.05, 3.63) is 95.2 Å². The third-order valence-corrected chi connectivity index (χ3v) is 4.73. The highest BCUT2D eigenvalue weighted by Gasteiger charge is 2.16. The first kappa shape index (κ1) is 13.3. The molecule has 0 unspecified atom stereocenters. The number of hydrogen-bond donors (Lipinski definition) is 0. The lowest BCUT2D eigenvalue weighted by molar-refractivity contribution is 1.73. The Balaban J connectivity index is 2.14. The molecule has 1 aromatic rings. The van der Waals surface area contributed by atoms with Crippen molar-refractivity contribution in [3.8, 4) is 22.3 Å². The van der Waals surface area contributed by atoms with Gasteiger partial charge in [-0.25, -0.2) is 0 Å². The average Bonchev–Trinajstić information content (AvgIpc) is 2.81. The fourth-order valence-electron chi connectivity index (χ4n) is 3.75. The SMILES string of the molecule is O=c1cc2cc3cccccc-3c2c2c3cccccc-3cc2c1. The van der Waals surface area contributed by atoms with E-state index in [9.17, 15) is 4.79 Å². The fourth-order valence-corrected chi connectivity index (χ4v) is 3.75. The number of rotatable bonds is 0. The van der Waals surface area contributed by atoms with Gasteiger partial charge in [0.1, 0.15) is 0 Å². The predicted molar refractivity (Wildman–Crippen MR) is 101 cm³/mol. The Kier molecular flexibility index (Phi) is 2.71. The first-order valence-corrected chi connectivity index (χ1v) is 8.08. The average molecular weight is 306 g/mol. The molecule has 0 amide bonds. The molecule has 24 heavy (non-hydrogen) atoms. The van der Waals surface area contributed by atoms with Crippen LogP contribution in [0.2, 0.25) is 0 Å². The molecular formula is C23H14O. The van der Waals surface area contributed by atoms with Gasteiger partial charge in [-0.2, -0.15) is 0 Å². The van der Waals surface area contributed by atoms with Gasteiger partial charge in [-0.3, -0.25) is 4.79 Å². The van der Waals surface area contributed by atoms with E-state index in [1.807, 2.05) is 24.3 Å². The summed E-state index contributed by atoms with van der Waals surface area (Å²) in [4.78, 5) is 12.4. The second-order valence-corrected chi connectivity index (χ2v) is 6.20. The van der Waals surface area contributed by atoms with Crippen molar-refractivity contribution in [3.63, 3.8) is 0 Å². The molecule has 0 N–H and O–H groups in total. The molecule has 0 heterocycles. The molecule has 0 atom stereocenters. The van der Waals surface area contributed by atoms with Crippen molar-refractivity contribution < 1.29 is 0 Å². The third-order valence-electron chi connectivity index (χ3n) is 4.73. The Morgan fingerprint density at radius 2 is 0.958 bits per heavy atom. The summed E-state index contributed by atoms with van der Waals surface area (Å²) < 4.78 is 0. The van der Waals surface area contributed by atoms with Crippen molar-refractivity contribution in [2.24, 2.45) is 0 Å². The predicted octanol–water partition coefficient (Wildman–Crippen LogP) is 5.56. The highest BCUT2D eigenvalue weighted by Crippen LogP contribution is 2.42. The van der Waals surface area contributed by atoms with Gasteiger partial charge in [-0.1, -0.05) is 60.7 Å². The molecule has 1 heteroatoms. The quantitative estimate of drug-likeness (QED) is 0.366. The summed E-state index contributed by atoms with van der Waals surface area (Å²) in [5.41, 5.74) is 4.76. The van der Waals surface area contributed by atoms with E-state index >= 15 is 0 Å².